The van der Waals surface area contributed by atoms with Crippen LogP contribution in [0.3, 0.4) is 0 Å². The highest BCUT2D eigenvalue weighted by molar-refractivity contribution is 14.1. The maximum Gasteiger partial charge on any atom is 0.258 e. The first-order valence-electron chi connectivity index (χ1n) is 6.69. The summed E-state index contributed by atoms with van der Waals surface area (Å²) in [7, 11) is 0. The third-order valence-electron chi connectivity index (χ3n) is 2.86. The molecular formula is C14H15FIN3OS. The summed E-state index contributed by atoms with van der Waals surface area (Å²) in [5, 5.41) is 12.1. The van der Waals surface area contributed by atoms with Gasteiger partial charge >= 0.3 is 0 Å². The predicted molar refractivity (Wildman–Crippen MR) is 90.2 cm³/mol. The zero-order chi connectivity index (χ0) is 15.2. The molecule has 0 radical (unpaired) electrons. The van der Waals surface area contributed by atoms with Gasteiger partial charge in [0.25, 0.3) is 5.91 Å². The summed E-state index contributed by atoms with van der Waals surface area (Å²) in [6, 6.07) is 4.06. The summed E-state index contributed by atoms with van der Waals surface area (Å²) < 4.78 is 13.6. The summed E-state index contributed by atoms with van der Waals surface area (Å²) in [5.41, 5.74) is 0.430. The van der Waals surface area contributed by atoms with Crippen LogP contribution < -0.4 is 5.32 Å². The van der Waals surface area contributed by atoms with Crippen LogP contribution in [0.1, 0.15) is 41.6 Å². The number of amides is 1. The molecule has 0 bridgehead atoms. The van der Waals surface area contributed by atoms with Gasteiger partial charge in [0.15, 0.2) is 0 Å². The molecule has 21 heavy (non-hydrogen) atoms. The highest BCUT2D eigenvalue weighted by Crippen LogP contribution is 2.20. The Kier molecular flexibility index (Phi) is 6.04. The quantitative estimate of drug-likeness (QED) is 0.562. The molecule has 0 aliphatic heterocycles. The van der Waals surface area contributed by atoms with E-state index >= 15 is 0 Å². The molecule has 4 nitrogen and oxygen atoms in total. The van der Waals surface area contributed by atoms with Gasteiger partial charge in [0.1, 0.15) is 10.8 Å². The molecule has 0 unspecified atom stereocenters. The zero-order valence-electron chi connectivity index (χ0n) is 11.5. The second-order valence-electron chi connectivity index (χ2n) is 4.54. The fourth-order valence-corrected chi connectivity index (χ4v) is 3.27. The van der Waals surface area contributed by atoms with E-state index in [1.54, 1.807) is 0 Å². The first-order valence-corrected chi connectivity index (χ1v) is 8.58. The number of anilines is 1. The minimum absolute atomic E-state index is 0.296. The van der Waals surface area contributed by atoms with Crippen LogP contribution in [-0.2, 0) is 6.42 Å². The molecule has 7 heteroatoms. The lowest BCUT2D eigenvalue weighted by atomic mass is 10.2. The topological polar surface area (TPSA) is 54.9 Å². The third-order valence-corrected chi connectivity index (χ3v) is 4.65. The van der Waals surface area contributed by atoms with E-state index in [4.69, 9.17) is 0 Å². The van der Waals surface area contributed by atoms with Gasteiger partial charge in [-0.2, -0.15) is 0 Å². The molecule has 0 atom stereocenters. The van der Waals surface area contributed by atoms with Crippen LogP contribution in [0.15, 0.2) is 18.2 Å². The molecule has 1 amide bonds. The number of benzene rings is 1. The SMILES string of the molecule is CCCCCc1nnc(NC(=O)c2ccc(F)cc2I)s1. The zero-order valence-corrected chi connectivity index (χ0v) is 14.5. The summed E-state index contributed by atoms with van der Waals surface area (Å²) in [6.45, 7) is 2.15. The Labute approximate surface area is 140 Å². The van der Waals surface area contributed by atoms with Crippen LogP contribution in [0.4, 0.5) is 9.52 Å². The van der Waals surface area contributed by atoms with Crippen molar-refractivity contribution in [2.75, 3.05) is 5.32 Å². The van der Waals surface area contributed by atoms with Crippen molar-refractivity contribution >= 4 is 45.0 Å². The van der Waals surface area contributed by atoms with Crippen LogP contribution in [0, 0.1) is 9.39 Å². The van der Waals surface area contributed by atoms with E-state index in [-0.39, 0.29) is 11.7 Å². The number of aryl methyl sites for hydroxylation is 1. The molecular weight excluding hydrogens is 404 g/mol. The molecule has 0 spiro atoms. The minimum Gasteiger partial charge on any atom is -0.296 e. The van der Waals surface area contributed by atoms with Crippen LogP contribution in [0.25, 0.3) is 0 Å². The number of nitrogens with zero attached hydrogens (tertiary/aromatic N) is 2. The maximum atomic E-state index is 13.0. The maximum absolute atomic E-state index is 13.0. The molecule has 1 aromatic carbocycles. The number of carbonyl (C=O) groups excluding carboxylic acids is 1. The molecule has 0 aliphatic carbocycles. The molecule has 1 heterocycles. The lowest BCUT2D eigenvalue weighted by Gasteiger charge is -2.03. The number of aromatic nitrogens is 2. The number of hydrogen-bond donors (Lipinski definition) is 1. The Morgan fingerprint density at radius 2 is 2.19 bits per heavy atom. The molecule has 0 saturated carbocycles. The van der Waals surface area contributed by atoms with E-state index in [1.807, 2.05) is 22.6 Å². The second-order valence-corrected chi connectivity index (χ2v) is 6.76. The van der Waals surface area contributed by atoms with Crippen molar-refractivity contribution in [2.45, 2.75) is 32.6 Å². The number of unbranched alkanes of at least 4 members (excludes halogenated alkanes) is 2. The molecule has 0 aliphatic rings. The number of halogens is 2. The molecule has 2 rings (SSSR count). The van der Waals surface area contributed by atoms with Crippen LogP contribution in [0.2, 0.25) is 0 Å². The van der Waals surface area contributed by atoms with E-state index in [1.165, 1.54) is 29.5 Å². The average Bonchev–Trinajstić information content (AvgIpc) is 2.86. The standard InChI is InChI=1S/C14H15FIN3OS/c1-2-3-4-5-12-18-19-14(21-12)17-13(20)10-7-6-9(15)8-11(10)16/h6-8H,2-5H2,1H3,(H,17,19,20). The summed E-state index contributed by atoms with van der Waals surface area (Å²) >= 11 is 3.32. The first kappa shape index (κ1) is 16.3. The molecule has 1 aromatic heterocycles. The van der Waals surface area contributed by atoms with Crippen LogP contribution in [0.5, 0.6) is 0 Å². The summed E-state index contributed by atoms with van der Waals surface area (Å²) in [4.78, 5) is 12.1. The van der Waals surface area contributed by atoms with Crippen molar-refractivity contribution in [1.29, 1.82) is 0 Å². The molecule has 112 valence electrons. The second kappa shape index (κ2) is 7.79. The largest absolute Gasteiger partial charge is 0.296 e. The van der Waals surface area contributed by atoms with Crippen molar-refractivity contribution in [3.63, 3.8) is 0 Å². The van der Waals surface area contributed by atoms with E-state index in [9.17, 15) is 9.18 Å². The highest BCUT2D eigenvalue weighted by atomic mass is 127. The fourth-order valence-electron chi connectivity index (χ4n) is 1.77. The minimum atomic E-state index is -0.356. The fraction of sp³-hybridized carbons (Fsp3) is 0.357. The molecule has 1 N–H and O–H groups in total. The van der Waals surface area contributed by atoms with E-state index < -0.39 is 0 Å². The van der Waals surface area contributed by atoms with Crippen LogP contribution in [-0.4, -0.2) is 16.1 Å². The van der Waals surface area contributed by atoms with Gasteiger partial charge in [-0.25, -0.2) is 4.39 Å². The van der Waals surface area contributed by atoms with Crippen LogP contribution >= 0.6 is 33.9 Å². The molecule has 0 saturated heterocycles. The van der Waals surface area contributed by atoms with E-state index in [0.717, 1.165) is 30.7 Å². The Morgan fingerprint density at radius 3 is 2.90 bits per heavy atom. The lowest BCUT2D eigenvalue weighted by Crippen LogP contribution is -2.13. The number of hydrogen-bond acceptors (Lipinski definition) is 4. The van der Waals surface area contributed by atoms with Crippen molar-refractivity contribution in [2.24, 2.45) is 0 Å². The number of nitrogens with one attached hydrogen (secondary N) is 1. The number of rotatable bonds is 6. The highest BCUT2D eigenvalue weighted by Gasteiger charge is 2.13. The van der Waals surface area contributed by atoms with Gasteiger partial charge in [0.05, 0.1) is 5.56 Å². The van der Waals surface area contributed by atoms with Gasteiger partial charge in [0, 0.05) is 9.99 Å². The molecule has 0 fully saturated rings. The summed E-state index contributed by atoms with van der Waals surface area (Å²) in [5.74, 6) is -0.652. The lowest BCUT2D eigenvalue weighted by molar-refractivity contribution is 0.102. The Bertz CT molecular complexity index is 632. The third kappa shape index (κ3) is 4.70. The number of carbonyl (C=O) groups is 1. The monoisotopic (exact) mass is 419 g/mol. The normalized spacial score (nSPS) is 10.6. The van der Waals surface area contributed by atoms with Gasteiger partial charge < -0.3 is 0 Å². The van der Waals surface area contributed by atoms with Gasteiger partial charge in [-0.1, -0.05) is 31.1 Å². The van der Waals surface area contributed by atoms with Crippen molar-refractivity contribution in [3.8, 4) is 0 Å². The predicted octanol–water partition coefficient (Wildman–Crippen LogP) is 4.27. The van der Waals surface area contributed by atoms with Crippen molar-refractivity contribution in [1.82, 2.24) is 10.2 Å². The van der Waals surface area contributed by atoms with E-state index in [0.29, 0.717) is 14.3 Å². The van der Waals surface area contributed by atoms with Gasteiger partial charge in [0.2, 0.25) is 5.13 Å². The Hall–Kier alpha value is -1.09. The van der Waals surface area contributed by atoms with Gasteiger partial charge in [-0.05, 0) is 47.2 Å². The van der Waals surface area contributed by atoms with E-state index in [2.05, 4.69) is 22.4 Å². The molecule has 2 aromatic rings. The first-order chi connectivity index (χ1) is 10.1. The van der Waals surface area contributed by atoms with Gasteiger partial charge in [-0.15, -0.1) is 10.2 Å². The smallest absolute Gasteiger partial charge is 0.258 e. The van der Waals surface area contributed by atoms with Gasteiger partial charge in [-0.3, -0.25) is 10.1 Å². The van der Waals surface area contributed by atoms with Crippen molar-refractivity contribution in [3.05, 3.63) is 38.2 Å². The Morgan fingerprint density at radius 1 is 1.38 bits per heavy atom. The average molecular weight is 419 g/mol. The van der Waals surface area contributed by atoms with Crippen molar-refractivity contribution < 1.29 is 9.18 Å². The summed E-state index contributed by atoms with van der Waals surface area (Å²) in [6.07, 6.45) is 4.28. The Balaban J connectivity index is 1.99.